The van der Waals surface area contributed by atoms with Gasteiger partial charge in [-0.1, -0.05) is 35.5 Å². The Kier molecular flexibility index (Phi) is 4.82. The number of aromatic nitrogens is 2. The summed E-state index contributed by atoms with van der Waals surface area (Å²) in [6, 6.07) is 10.3. The number of hydrogen-bond acceptors (Lipinski definition) is 6. The van der Waals surface area contributed by atoms with E-state index in [1.807, 2.05) is 13.0 Å². The number of aryl methyl sites for hydroxylation is 1. The lowest BCUT2D eigenvalue weighted by molar-refractivity contribution is 0.241. The van der Waals surface area contributed by atoms with Crippen molar-refractivity contribution < 1.29 is 12.9 Å². The Hall–Kier alpha value is -1.77. The Balaban J connectivity index is 1.57. The summed E-state index contributed by atoms with van der Waals surface area (Å²) in [7, 11) is -3.23. The normalized spacial score (nSPS) is 28.5. The predicted molar refractivity (Wildman–Crippen MR) is 102 cm³/mol. The molecule has 0 amide bonds. The Morgan fingerprint density at radius 2 is 2.11 bits per heavy atom. The van der Waals surface area contributed by atoms with Crippen LogP contribution < -0.4 is 4.72 Å². The van der Waals surface area contributed by atoms with Gasteiger partial charge in [-0.2, -0.15) is 4.98 Å². The topological polar surface area (TPSA) is 88.3 Å². The van der Waals surface area contributed by atoms with Crippen molar-refractivity contribution in [3.05, 3.63) is 47.6 Å². The van der Waals surface area contributed by atoms with Gasteiger partial charge in [-0.3, -0.25) is 4.90 Å². The van der Waals surface area contributed by atoms with Gasteiger partial charge in [0, 0.05) is 25.7 Å². The van der Waals surface area contributed by atoms with Crippen molar-refractivity contribution in [3.8, 4) is 0 Å². The third-order valence-electron chi connectivity index (χ3n) is 5.87. The van der Waals surface area contributed by atoms with E-state index >= 15 is 0 Å². The molecule has 2 heterocycles. The first kappa shape index (κ1) is 18.6. The van der Waals surface area contributed by atoms with Gasteiger partial charge in [-0.25, -0.2) is 13.1 Å². The first-order valence-corrected chi connectivity index (χ1v) is 11.1. The SMILES string of the molecule is CCS(=O)(=O)NC1CC2CN(Cc3ccccc3)CC2(c2nc(C)no2)C1. The van der Waals surface area contributed by atoms with Crippen LogP contribution >= 0.6 is 0 Å². The summed E-state index contributed by atoms with van der Waals surface area (Å²) in [6.07, 6.45) is 1.50. The van der Waals surface area contributed by atoms with E-state index in [4.69, 9.17) is 4.52 Å². The van der Waals surface area contributed by atoms with E-state index in [-0.39, 0.29) is 17.2 Å². The standard InChI is InChI=1S/C19H26N4O3S/c1-3-27(24,25)22-17-9-16-12-23(11-15-7-5-4-6-8-15)13-19(16,10-17)18-20-14(2)21-26-18/h4-8,16-17,22H,3,9-13H2,1-2H3. The quantitative estimate of drug-likeness (QED) is 0.810. The van der Waals surface area contributed by atoms with Crippen LogP contribution in [0.3, 0.4) is 0 Å². The largest absolute Gasteiger partial charge is 0.339 e. The fourth-order valence-corrected chi connectivity index (χ4v) is 5.55. The summed E-state index contributed by atoms with van der Waals surface area (Å²) in [5, 5.41) is 4.00. The van der Waals surface area contributed by atoms with Crippen molar-refractivity contribution in [2.75, 3.05) is 18.8 Å². The van der Waals surface area contributed by atoms with E-state index in [1.165, 1.54) is 5.56 Å². The minimum atomic E-state index is -3.23. The van der Waals surface area contributed by atoms with Crippen LogP contribution in [0.2, 0.25) is 0 Å². The second-order valence-electron chi connectivity index (χ2n) is 7.81. The molecule has 2 aromatic rings. The van der Waals surface area contributed by atoms with Crippen LogP contribution in [0.1, 0.15) is 37.0 Å². The molecule has 1 N–H and O–H groups in total. The van der Waals surface area contributed by atoms with E-state index < -0.39 is 10.0 Å². The van der Waals surface area contributed by atoms with Crippen LogP contribution in [-0.2, 0) is 22.0 Å². The third kappa shape index (κ3) is 3.66. The number of likely N-dealkylation sites (tertiary alicyclic amines) is 1. The van der Waals surface area contributed by atoms with Crippen molar-refractivity contribution in [3.63, 3.8) is 0 Å². The van der Waals surface area contributed by atoms with Crippen LogP contribution in [0.4, 0.5) is 0 Å². The Morgan fingerprint density at radius 3 is 2.78 bits per heavy atom. The molecule has 7 nitrogen and oxygen atoms in total. The van der Waals surface area contributed by atoms with Gasteiger partial charge in [0.05, 0.1) is 11.2 Å². The zero-order valence-corrected chi connectivity index (χ0v) is 16.6. The summed E-state index contributed by atoms with van der Waals surface area (Å²) >= 11 is 0. The highest BCUT2D eigenvalue weighted by atomic mass is 32.2. The molecule has 0 radical (unpaired) electrons. The monoisotopic (exact) mass is 390 g/mol. The number of rotatable bonds is 6. The van der Waals surface area contributed by atoms with Gasteiger partial charge in [-0.05, 0) is 38.2 Å². The van der Waals surface area contributed by atoms with Gasteiger partial charge in [0.2, 0.25) is 15.9 Å². The highest BCUT2D eigenvalue weighted by Gasteiger charge is 2.57. The van der Waals surface area contributed by atoms with E-state index in [1.54, 1.807) is 6.92 Å². The van der Waals surface area contributed by atoms with Crippen molar-refractivity contribution in [1.82, 2.24) is 19.8 Å². The Bertz CT molecular complexity index is 899. The average molecular weight is 391 g/mol. The zero-order chi connectivity index (χ0) is 19.1. The molecular formula is C19H26N4O3S. The van der Waals surface area contributed by atoms with Crippen LogP contribution in [0, 0.1) is 12.8 Å². The third-order valence-corrected chi connectivity index (χ3v) is 7.33. The lowest BCUT2D eigenvalue weighted by Gasteiger charge is -2.25. The summed E-state index contributed by atoms with van der Waals surface area (Å²) < 4.78 is 32.6. The van der Waals surface area contributed by atoms with Gasteiger partial charge in [-0.15, -0.1) is 0 Å². The second-order valence-corrected chi connectivity index (χ2v) is 9.86. The summed E-state index contributed by atoms with van der Waals surface area (Å²) in [5.41, 5.74) is 0.995. The minimum absolute atomic E-state index is 0.0777. The number of hydrogen-bond donors (Lipinski definition) is 1. The van der Waals surface area contributed by atoms with Crippen LogP contribution in [0.5, 0.6) is 0 Å². The number of fused-ring (bicyclic) bond motifs is 1. The van der Waals surface area contributed by atoms with E-state index in [2.05, 4.69) is 44.0 Å². The first-order valence-electron chi connectivity index (χ1n) is 9.47. The number of benzene rings is 1. The number of nitrogens with one attached hydrogen (secondary N) is 1. The average Bonchev–Trinajstić information content (AvgIpc) is 3.28. The fourth-order valence-electron chi connectivity index (χ4n) is 4.69. The van der Waals surface area contributed by atoms with Crippen molar-refractivity contribution in [2.24, 2.45) is 5.92 Å². The van der Waals surface area contributed by atoms with Crippen molar-refractivity contribution >= 4 is 10.0 Å². The van der Waals surface area contributed by atoms with Crippen molar-refractivity contribution in [2.45, 2.75) is 44.7 Å². The predicted octanol–water partition coefficient (Wildman–Crippen LogP) is 1.85. The minimum Gasteiger partial charge on any atom is -0.339 e. The molecule has 1 aromatic heterocycles. The van der Waals surface area contributed by atoms with E-state index in [0.29, 0.717) is 24.1 Å². The molecule has 2 aliphatic rings. The molecule has 1 aromatic carbocycles. The molecule has 4 rings (SSSR count). The molecule has 146 valence electrons. The molecule has 1 aliphatic heterocycles. The molecule has 2 fully saturated rings. The lowest BCUT2D eigenvalue weighted by atomic mass is 9.80. The molecule has 1 saturated heterocycles. The molecule has 27 heavy (non-hydrogen) atoms. The van der Waals surface area contributed by atoms with Gasteiger partial charge in [0.1, 0.15) is 0 Å². The molecule has 1 aliphatic carbocycles. The molecule has 0 bridgehead atoms. The highest BCUT2D eigenvalue weighted by molar-refractivity contribution is 7.89. The van der Waals surface area contributed by atoms with Gasteiger partial charge >= 0.3 is 0 Å². The van der Waals surface area contributed by atoms with Gasteiger partial charge in [0.25, 0.3) is 0 Å². The zero-order valence-electron chi connectivity index (χ0n) is 15.8. The highest BCUT2D eigenvalue weighted by Crippen LogP contribution is 2.50. The lowest BCUT2D eigenvalue weighted by Crippen LogP contribution is -2.38. The maximum atomic E-state index is 12.1. The Labute approximate surface area is 160 Å². The van der Waals surface area contributed by atoms with Crippen molar-refractivity contribution in [1.29, 1.82) is 0 Å². The molecular weight excluding hydrogens is 364 g/mol. The summed E-state index contributed by atoms with van der Waals surface area (Å²) in [5.74, 6) is 1.67. The smallest absolute Gasteiger partial charge is 0.234 e. The molecule has 3 atom stereocenters. The maximum absolute atomic E-state index is 12.1. The van der Waals surface area contributed by atoms with Crippen LogP contribution in [0.25, 0.3) is 0 Å². The molecule has 8 heteroatoms. The van der Waals surface area contributed by atoms with Gasteiger partial charge in [0.15, 0.2) is 5.82 Å². The number of nitrogens with zero attached hydrogens (tertiary/aromatic N) is 3. The summed E-state index contributed by atoms with van der Waals surface area (Å²) in [4.78, 5) is 6.96. The van der Waals surface area contributed by atoms with E-state index in [9.17, 15) is 8.42 Å². The number of sulfonamides is 1. The second kappa shape index (κ2) is 7.00. The summed E-state index contributed by atoms with van der Waals surface area (Å²) in [6.45, 7) is 6.06. The molecule has 3 unspecified atom stereocenters. The van der Waals surface area contributed by atoms with Crippen LogP contribution in [0.15, 0.2) is 34.9 Å². The first-order chi connectivity index (χ1) is 12.9. The van der Waals surface area contributed by atoms with E-state index in [0.717, 1.165) is 26.1 Å². The maximum Gasteiger partial charge on any atom is 0.234 e. The fraction of sp³-hybridized carbons (Fsp3) is 0.579. The van der Waals surface area contributed by atoms with Gasteiger partial charge < -0.3 is 4.52 Å². The molecule has 1 saturated carbocycles. The van der Waals surface area contributed by atoms with Crippen LogP contribution in [-0.4, -0.2) is 48.3 Å². The molecule has 0 spiro atoms. The Morgan fingerprint density at radius 1 is 1.33 bits per heavy atom.